The standard InChI is InChI=1S/C33H39N3O7/c1-39-24-10-8-9-22(17-24)32(37)36-20-25(23-18-29(41-3)31(43-5)30(19-23)42-4)26(21-36)33(38)35-15-13-34(14-16-35)27-11-6-7-12-28(27)40-2/h6-12,17-19,25-26H,13-16,20-21H2,1-5H3/t25-,26+/m0/s1. The van der Waals surface area contributed by atoms with Gasteiger partial charge in [0, 0.05) is 50.7 Å². The van der Waals surface area contributed by atoms with Gasteiger partial charge in [0.2, 0.25) is 11.7 Å². The predicted molar refractivity (Wildman–Crippen MR) is 163 cm³/mol. The number of amides is 2. The van der Waals surface area contributed by atoms with Gasteiger partial charge in [-0.15, -0.1) is 0 Å². The number of ether oxygens (including phenoxy) is 5. The van der Waals surface area contributed by atoms with Crippen molar-refractivity contribution < 1.29 is 33.3 Å². The van der Waals surface area contributed by atoms with E-state index in [0.717, 1.165) is 17.0 Å². The number of para-hydroxylation sites is 2. The van der Waals surface area contributed by atoms with Crippen LogP contribution in [0.25, 0.3) is 0 Å². The monoisotopic (exact) mass is 589 g/mol. The number of carbonyl (C=O) groups excluding carboxylic acids is 2. The van der Waals surface area contributed by atoms with Gasteiger partial charge in [-0.25, -0.2) is 0 Å². The predicted octanol–water partition coefficient (Wildman–Crippen LogP) is 3.93. The molecule has 228 valence electrons. The fourth-order valence-electron chi connectivity index (χ4n) is 6.11. The fraction of sp³-hybridized carbons (Fsp3) is 0.394. The number of anilines is 1. The van der Waals surface area contributed by atoms with Gasteiger partial charge in [0.1, 0.15) is 11.5 Å². The molecule has 0 radical (unpaired) electrons. The molecule has 2 saturated heterocycles. The van der Waals surface area contributed by atoms with Crippen LogP contribution in [0.4, 0.5) is 5.69 Å². The van der Waals surface area contributed by atoms with Crippen LogP contribution >= 0.6 is 0 Å². The third-order valence-corrected chi connectivity index (χ3v) is 8.37. The van der Waals surface area contributed by atoms with E-state index >= 15 is 0 Å². The zero-order chi connectivity index (χ0) is 30.5. The van der Waals surface area contributed by atoms with Gasteiger partial charge < -0.3 is 38.4 Å². The Hall–Kier alpha value is -4.60. The molecule has 5 rings (SSSR count). The van der Waals surface area contributed by atoms with Crippen molar-refractivity contribution in [1.29, 1.82) is 0 Å². The van der Waals surface area contributed by atoms with Crippen molar-refractivity contribution >= 4 is 17.5 Å². The lowest BCUT2D eigenvalue weighted by Crippen LogP contribution is -2.51. The quantitative estimate of drug-likeness (QED) is 0.371. The average molecular weight is 590 g/mol. The Morgan fingerprint density at radius 3 is 1.98 bits per heavy atom. The van der Waals surface area contributed by atoms with Crippen molar-refractivity contribution in [1.82, 2.24) is 9.80 Å². The van der Waals surface area contributed by atoms with Crippen LogP contribution in [0.3, 0.4) is 0 Å². The lowest BCUT2D eigenvalue weighted by molar-refractivity contribution is -0.135. The number of piperazine rings is 1. The number of likely N-dealkylation sites (tertiary alicyclic amines) is 1. The summed E-state index contributed by atoms with van der Waals surface area (Å²) in [6.45, 7) is 3.16. The molecule has 2 fully saturated rings. The molecule has 2 heterocycles. The summed E-state index contributed by atoms with van der Waals surface area (Å²) in [5.41, 5.74) is 2.38. The van der Waals surface area contributed by atoms with Crippen molar-refractivity contribution in [3.63, 3.8) is 0 Å². The smallest absolute Gasteiger partial charge is 0.254 e. The summed E-state index contributed by atoms with van der Waals surface area (Å²) in [5.74, 6) is 2.06. The molecule has 0 spiro atoms. The van der Waals surface area contributed by atoms with Gasteiger partial charge in [-0.3, -0.25) is 9.59 Å². The molecule has 0 aromatic heterocycles. The lowest BCUT2D eigenvalue weighted by Gasteiger charge is -2.38. The molecule has 0 aliphatic carbocycles. The van der Waals surface area contributed by atoms with Gasteiger partial charge in [-0.1, -0.05) is 18.2 Å². The number of hydrogen-bond donors (Lipinski definition) is 0. The highest BCUT2D eigenvalue weighted by Gasteiger charge is 2.43. The number of rotatable bonds is 9. The van der Waals surface area contributed by atoms with E-state index in [1.54, 1.807) is 64.7 Å². The number of nitrogens with zero attached hydrogens (tertiary/aromatic N) is 3. The van der Waals surface area contributed by atoms with E-state index in [4.69, 9.17) is 23.7 Å². The molecule has 10 nitrogen and oxygen atoms in total. The van der Waals surface area contributed by atoms with Crippen molar-refractivity contribution in [2.75, 3.05) is 79.7 Å². The van der Waals surface area contributed by atoms with Crippen molar-refractivity contribution in [2.45, 2.75) is 5.92 Å². The Balaban J connectivity index is 1.42. The van der Waals surface area contributed by atoms with E-state index in [1.807, 2.05) is 41.3 Å². The Morgan fingerprint density at radius 2 is 1.35 bits per heavy atom. The second-order valence-electron chi connectivity index (χ2n) is 10.6. The van der Waals surface area contributed by atoms with Gasteiger partial charge >= 0.3 is 0 Å². The Bertz CT molecular complexity index is 1430. The highest BCUT2D eigenvalue weighted by molar-refractivity contribution is 5.95. The summed E-state index contributed by atoms with van der Waals surface area (Å²) in [5, 5.41) is 0. The molecule has 43 heavy (non-hydrogen) atoms. The first-order valence-electron chi connectivity index (χ1n) is 14.3. The van der Waals surface area contributed by atoms with E-state index in [2.05, 4.69) is 4.90 Å². The number of carbonyl (C=O) groups is 2. The molecule has 10 heteroatoms. The van der Waals surface area contributed by atoms with Crippen LogP contribution in [-0.2, 0) is 4.79 Å². The first-order valence-corrected chi connectivity index (χ1v) is 14.3. The molecule has 0 N–H and O–H groups in total. The average Bonchev–Trinajstić information content (AvgIpc) is 3.52. The normalized spacial score (nSPS) is 18.3. The summed E-state index contributed by atoms with van der Waals surface area (Å²) < 4.78 is 27.7. The summed E-state index contributed by atoms with van der Waals surface area (Å²) in [7, 11) is 7.93. The number of methoxy groups -OCH3 is 5. The van der Waals surface area contributed by atoms with Crippen LogP contribution in [0.15, 0.2) is 60.7 Å². The molecule has 0 bridgehead atoms. The maximum absolute atomic E-state index is 14.2. The summed E-state index contributed by atoms with van der Waals surface area (Å²) in [6.07, 6.45) is 0. The number of benzene rings is 3. The Labute approximate surface area is 252 Å². The second-order valence-corrected chi connectivity index (χ2v) is 10.6. The maximum Gasteiger partial charge on any atom is 0.254 e. The van der Waals surface area contributed by atoms with Crippen LogP contribution in [0.2, 0.25) is 0 Å². The van der Waals surface area contributed by atoms with Crippen LogP contribution < -0.4 is 28.6 Å². The van der Waals surface area contributed by atoms with Gasteiger partial charge in [-0.2, -0.15) is 0 Å². The molecule has 2 atom stereocenters. The minimum absolute atomic E-state index is 0.0272. The third-order valence-electron chi connectivity index (χ3n) is 8.37. The summed E-state index contributed by atoms with van der Waals surface area (Å²) in [4.78, 5) is 33.8. The molecular weight excluding hydrogens is 550 g/mol. The van der Waals surface area contributed by atoms with Gasteiger partial charge in [-0.05, 0) is 48.0 Å². The fourth-order valence-corrected chi connectivity index (χ4v) is 6.11. The molecule has 2 amide bonds. The van der Waals surface area contributed by atoms with Crippen LogP contribution in [-0.4, -0.2) is 96.4 Å². The van der Waals surface area contributed by atoms with Crippen LogP contribution in [0.5, 0.6) is 28.7 Å². The molecule has 0 unspecified atom stereocenters. The lowest BCUT2D eigenvalue weighted by atomic mass is 9.87. The first kappa shape index (κ1) is 29.9. The van der Waals surface area contributed by atoms with Crippen molar-refractivity contribution in [2.24, 2.45) is 5.92 Å². The SMILES string of the molecule is COc1cccc(C(=O)N2C[C@@H](C(=O)N3CCN(c4ccccc4OC)CC3)[C@H](c3cc(OC)c(OC)c(OC)c3)C2)c1. The first-order chi connectivity index (χ1) is 20.9. The van der Waals surface area contributed by atoms with E-state index in [0.29, 0.717) is 67.8 Å². The van der Waals surface area contributed by atoms with Gasteiger partial charge in [0.15, 0.2) is 11.5 Å². The summed E-state index contributed by atoms with van der Waals surface area (Å²) in [6, 6.07) is 18.8. The Kier molecular flexibility index (Phi) is 9.13. The van der Waals surface area contributed by atoms with E-state index in [-0.39, 0.29) is 17.7 Å². The minimum atomic E-state index is -0.449. The molecule has 3 aromatic carbocycles. The zero-order valence-corrected chi connectivity index (χ0v) is 25.4. The van der Waals surface area contributed by atoms with E-state index in [9.17, 15) is 9.59 Å². The van der Waals surface area contributed by atoms with Gasteiger partial charge in [0.25, 0.3) is 5.91 Å². The molecular formula is C33H39N3O7. The van der Waals surface area contributed by atoms with Crippen LogP contribution in [0, 0.1) is 5.92 Å². The maximum atomic E-state index is 14.2. The molecule has 0 saturated carbocycles. The van der Waals surface area contributed by atoms with Crippen molar-refractivity contribution in [3.8, 4) is 28.7 Å². The number of hydrogen-bond acceptors (Lipinski definition) is 8. The molecule has 2 aliphatic heterocycles. The highest BCUT2D eigenvalue weighted by Crippen LogP contribution is 2.44. The highest BCUT2D eigenvalue weighted by atomic mass is 16.5. The van der Waals surface area contributed by atoms with Crippen LogP contribution in [0.1, 0.15) is 21.8 Å². The second kappa shape index (κ2) is 13.1. The molecule has 3 aromatic rings. The van der Waals surface area contributed by atoms with Gasteiger partial charge in [0.05, 0.1) is 47.2 Å². The summed E-state index contributed by atoms with van der Waals surface area (Å²) >= 11 is 0. The zero-order valence-electron chi connectivity index (χ0n) is 25.4. The molecule has 2 aliphatic rings. The topological polar surface area (TPSA) is 90.0 Å². The van der Waals surface area contributed by atoms with E-state index < -0.39 is 5.92 Å². The van der Waals surface area contributed by atoms with Crippen molar-refractivity contribution in [3.05, 3.63) is 71.8 Å². The Morgan fingerprint density at radius 1 is 0.674 bits per heavy atom. The minimum Gasteiger partial charge on any atom is -0.497 e. The largest absolute Gasteiger partial charge is 0.497 e. The van der Waals surface area contributed by atoms with E-state index in [1.165, 1.54) is 0 Å². The third kappa shape index (κ3) is 6.00.